The number of ether oxygens (including phenoxy) is 2. The Balaban J connectivity index is 1.71. The summed E-state index contributed by atoms with van der Waals surface area (Å²) in [6, 6.07) is 9.98. The Morgan fingerprint density at radius 3 is 2.50 bits per heavy atom. The fraction of sp³-hybridized carbons (Fsp3) is 0.269. The minimum atomic E-state index is -0.638. The van der Waals surface area contributed by atoms with E-state index in [0.29, 0.717) is 60.8 Å². The number of fused-ring (bicyclic) bond motifs is 2. The van der Waals surface area contributed by atoms with Crippen LogP contribution in [0.15, 0.2) is 57.5 Å². The minimum absolute atomic E-state index is 0.126. The summed E-state index contributed by atoms with van der Waals surface area (Å²) in [4.78, 5) is 34.4. The monoisotopic (exact) mass is 543 g/mol. The topological polar surface area (TPSA) is 73.1 Å². The van der Waals surface area contributed by atoms with E-state index in [-0.39, 0.29) is 18.3 Å². The highest BCUT2D eigenvalue weighted by atomic mass is 35.5. The van der Waals surface area contributed by atoms with Crippen LogP contribution in [0.25, 0.3) is 6.08 Å². The van der Waals surface area contributed by atoms with Gasteiger partial charge in [0, 0.05) is 24.2 Å². The molecule has 36 heavy (non-hydrogen) atoms. The van der Waals surface area contributed by atoms with Gasteiger partial charge in [0.2, 0.25) is 6.79 Å². The van der Waals surface area contributed by atoms with Crippen LogP contribution in [0.4, 0.5) is 0 Å². The number of benzene rings is 2. The Hall–Kier alpha value is -3.07. The molecule has 0 radical (unpaired) electrons. The van der Waals surface area contributed by atoms with E-state index in [4.69, 9.17) is 32.7 Å². The van der Waals surface area contributed by atoms with Crippen LogP contribution in [0.3, 0.4) is 0 Å². The van der Waals surface area contributed by atoms with E-state index in [1.54, 1.807) is 39.8 Å². The number of rotatable bonds is 5. The molecule has 0 unspecified atom stereocenters. The number of hydrogen-bond donors (Lipinski definition) is 0. The van der Waals surface area contributed by atoms with Crippen molar-refractivity contribution in [2.24, 2.45) is 4.99 Å². The van der Waals surface area contributed by atoms with Gasteiger partial charge in [0.15, 0.2) is 16.3 Å². The zero-order valence-corrected chi connectivity index (χ0v) is 22.2. The molecule has 0 N–H and O–H groups in total. The van der Waals surface area contributed by atoms with Crippen LogP contribution in [0.1, 0.15) is 37.9 Å². The zero-order valence-electron chi connectivity index (χ0n) is 19.9. The van der Waals surface area contributed by atoms with Crippen LogP contribution in [0, 0.1) is 0 Å². The van der Waals surface area contributed by atoms with Gasteiger partial charge in [0.1, 0.15) is 0 Å². The first-order valence-electron chi connectivity index (χ1n) is 11.5. The molecule has 0 fully saturated rings. The van der Waals surface area contributed by atoms with E-state index in [1.165, 1.54) is 11.3 Å². The Labute approximate surface area is 221 Å². The lowest BCUT2D eigenvalue weighted by Gasteiger charge is -2.29. The van der Waals surface area contributed by atoms with Gasteiger partial charge in [-0.25, -0.2) is 4.99 Å². The molecule has 10 heteroatoms. The van der Waals surface area contributed by atoms with Crippen LogP contribution in [0.2, 0.25) is 10.0 Å². The number of amides is 1. The molecule has 2 aliphatic heterocycles. The van der Waals surface area contributed by atoms with E-state index in [9.17, 15) is 9.59 Å². The highest BCUT2D eigenvalue weighted by molar-refractivity contribution is 7.07. The first-order valence-corrected chi connectivity index (χ1v) is 13.1. The molecule has 3 heterocycles. The summed E-state index contributed by atoms with van der Waals surface area (Å²) in [6.45, 7) is 6.89. The third kappa shape index (κ3) is 4.23. The molecular formula is C26H23Cl2N3O4S. The maximum Gasteiger partial charge on any atom is 0.271 e. The van der Waals surface area contributed by atoms with Crippen molar-refractivity contribution >= 4 is 46.5 Å². The van der Waals surface area contributed by atoms with Crippen molar-refractivity contribution in [1.29, 1.82) is 0 Å². The van der Waals surface area contributed by atoms with E-state index in [2.05, 4.69) is 4.99 Å². The first-order chi connectivity index (χ1) is 17.3. The minimum Gasteiger partial charge on any atom is -0.454 e. The summed E-state index contributed by atoms with van der Waals surface area (Å²) in [5.41, 5.74) is 2.20. The average Bonchev–Trinajstić information content (AvgIpc) is 3.43. The lowest BCUT2D eigenvalue weighted by molar-refractivity contribution is -0.127. The molecule has 0 saturated carbocycles. The van der Waals surface area contributed by atoms with Gasteiger partial charge in [-0.1, -0.05) is 46.7 Å². The van der Waals surface area contributed by atoms with Crippen molar-refractivity contribution in [3.8, 4) is 11.5 Å². The van der Waals surface area contributed by atoms with Gasteiger partial charge < -0.3 is 14.4 Å². The summed E-state index contributed by atoms with van der Waals surface area (Å²) in [5, 5.41) is 1.01. The maximum atomic E-state index is 13.8. The molecule has 7 nitrogen and oxygen atoms in total. The lowest BCUT2D eigenvalue weighted by Crippen LogP contribution is -2.43. The molecule has 1 aromatic heterocycles. The van der Waals surface area contributed by atoms with Gasteiger partial charge in [0.25, 0.3) is 11.5 Å². The first kappa shape index (κ1) is 24.6. The molecule has 0 aliphatic carbocycles. The van der Waals surface area contributed by atoms with Crippen molar-refractivity contribution < 1.29 is 14.3 Å². The Morgan fingerprint density at radius 1 is 1.17 bits per heavy atom. The van der Waals surface area contributed by atoms with Gasteiger partial charge in [-0.3, -0.25) is 14.2 Å². The molecule has 0 spiro atoms. The summed E-state index contributed by atoms with van der Waals surface area (Å²) in [6.07, 6.45) is 1.72. The number of aromatic nitrogens is 1. The summed E-state index contributed by atoms with van der Waals surface area (Å²) in [5.74, 6) is 0.992. The van der Waals surface area contributed by atoms with Crippen LogP contribution in [0.5, 0.6) is 11.5 Å². The number of carbonyl (C=O) groups is 1. The third-order valence-electron chi connectivity index (χ3n) is 6.27. The van der Waals surface area contributed by atoms with Crippen LogP contribution in [-0.4, -0.2) is 35.3 Å². The number of likely N-dealkylation sites (N-methyl/N-ethyl adjacent to an activating group) is 1. The molecule has 1 atom stereocenters. The molecule has 0 saturated heterocycles. The quantitative estimate of drug-likeness (QED) is 0.484. The second-order valence-corrected chi connectivity index (χ2v) is 10.2. The van der Waals surface area contributed by atoms with E-state index in [1.807, 2.05) is 32.9 Å². The van der Waals surface area contributed by atoms with Crippen molar-refractivity contribution in [3.63, 3.8) is 0 Å². The number of thiazole rings is 1. The average molecular weight is 544 g/mol. The molecule has 3 aromatic rings. The smallest absolute Gasteiger partial charge is 0.271 e. The second-order valence-electron chi connectivity index (χ2n) is 8.34. The predicted octanol–water partition coefficient (Wildman–Crippen LogP) is 4.14. The Kier molecular flexibility index (Phi) is 6.68. The van der Waals surface area contributed by atoms with E-state index in [0.717, 1.165) is 5.56 Å². The van der Waals surface area contributed by atoms with Crippen molar-refractivity contribution in [2.75, 3.05) is 19.9 Å². The van der Waals surface area contributed by atoms with Crippen molar-refractivity contribution in [1.82, 2.24) is 9.47 Å². The summed E-state index contributed by atoms with van der Waals surface area (Å²) < 4.78 is 12.9. The van der Waals surface area contributed by atoms with Crippen molar-refractivity contribution in [3.05, 3.63) is 88.5 Å². The lowest BCUT2D eigenvalue weighted by atomic mass is 9.94. The molecule has 5 rings (SSSR count). The van der Waals surface area contributed by atoms with Gasteiger partial charge in [-0.15, -0.1) is 0 Å². The molecule has 2 aromatic carbocycles. The Morgan fingerprint density at radius 2 is 1.83 bits per heavy atom. The second kappa shape index (κ2) is 9.76. The van der Waals surface area contributed by atoms with Gasteiger partial charge in [0.05, 0.1) is 26.9 Å². The highest BCUT2D eigenvalue weighted by Crippen LogP contribution is 2.37. The van der Waals surface area contributed by atoms with Gasteiger partial charge >= 0.3 is 0 Å². The molecule has 186 valence electrons. The fourth-order valence-electron chi connectivity index (χ4n) is 4.42. The Bertz CT molecular complexity index is 1570. The van der Waals surface area contributed by atoms with Crippen LogP contribution < -0.4 is 24.4 Å². The number of nitrogens with zero attached hydrogens (tertiary/aromatic N) is 3. The third-order valence-corrected chi connectivity index (χ3v) is 7.83. The van der Waals surface area contributed by atoms with E-state index >= 15 is 0 Å². The summed E-state index contributed by atoms with van der Waals surface area (Å²) in [7, 11) is 0. The molecule has 0 bridgehead atoms. The van der Waals surface area contributed by atoms with Crippen molar-refractivity contribution in [2.45, 2.75) is 26.8 Å². The fourth-order valence-corrected chi connectivity index (χ4v) is 5.79. The van der Waals surface area contributed by atoms with Gasteiger partial charge in [-0.2, -0.15) is 0 Å². The van der Waals surface area contributed by atoms with Crippen LogP contribution in [-0.2, 0) is 4.79 Å². The number of halogens is 2. The summed E-state index contributed by atoms with van der Waals surface area (Å²) >= 11 is 13.9. The van der Waals surface area contributed by atoms with Crippen LogP contribution >= 0.6 is 34.5 Å². The normalized spacial score (nSPS) is 16.7. The number of hydrogen-bond acceptors (Lipinski definition) is 6. The number of allylic oxidation sites excluding steroid dienone is 1. The molecule has 1 amide bonds. The predicted molar refractivity (Wildman–Crippen MR) is 141 cm³/mol. The zero-order chi connectivity index (χ0) is 25.6. The maximum absolute atomic E-state index is 13.8. The molecule has 2 aliphatic rings. The largest absolute Gasteiger partial charge is 0.454 e. The SMILES string of the molecule is CCN(CC)C(=O)C1=C(C)N=c2s/c(=C/c3cc4c(cc3Cl)OCO4)c(=O)n2[C@@H]1c1ccc(Cl)cc1. The van der Waals surface area contributed by atoms with E-state index < -0.39 is 6.04 Å². The highest BCUT2D eigenvalue weighted by Gasteiger charge is 2.34. The molecular weight excluding hydrogens is 521 g/mol. The number of carbonyl (C=O) groups excluding carboxylic acids is 1. The van der Waals surface area contributed by atoms with Gasteiger partial charge in [-0.05, 0) is 56.2 Å². The standard InChI is InChI=1S/C26H23Cl2N3O4S/c1-4-30(5-2)25(33)22-14(3)29-26-31(23(22)15-6-8-17(27)9-7-15)24(32)21(36-26)11-16-10-19-20(12-18(16)28)35-13-34-19/h6-12,23H,4-5,13H2,1-3H3/b21-11+/t23-/m1/s1.